The van der Waals surface area contributed by atoms with Gasteiger partial charge in [0.05, 0.1) is 5.39 Å². The Hall–Kier alpha value is -3.48. The second-order valence-electron chi connectivity index (χ2n) is 7.69. The number of para-hydroxylation sites is 1. The summed E-state index contributed by atoms with van der Waals surface area (Å²) in [4.78, 5) is 42.9. The van der Waals surface area contributed by atoms with Gasteiger partial charge in [-0.25, -0.2) is 4.98 Å². The van der Waals surface area contributed by atoms with Gasteiger partial charge in [0.15, 0.2) is 0 Å². The summed E-state index contributed by atoms with van der Waals surface area (Å²) in [6.45, 7) is 1.82. The fourth-order valence-electron chi connectivity index (χ4n) is 3.86. The van der Waals surface area contributed by atoms with Gasteiger partial charge in [-0.1, -0.05) is 31.0 Å². The first kappa shape index (κ1) is 19.8. The molecule has 0 bridgehead atoms. The molecule has 0 unspecified atom stereocenters. The van der Waals surface area contributed by atoms with E-state index in [9.17, 15) is 14.4 Å². The third kappa shape index (κ3) is 4.25. The Labute approximate surface area is 174 Å². The molecule has 0 atom stereocenters. The van der Waals surface area contributed by atoms with Crippen LogP contribution >= 0.6 is 0 Å². The van der Waals surface area contributed by atoms with E-state index in [1.807, 2.05) is 13.0 Å². The predicted molar refractivity (Wildman–Crippen MR) is 116 cm³/mol. The zero-order valence-electron chi connectivity index (χ0n) is 16.9. The van der Waals surface area contributed by atoms with Crippen molar-refractivity contribution in [2.45, 2.75) is 45.2 Å². The molecule has 0 spiro atoms. The van der Waals surface area contributed by atoms with Crippen molar-refractivity contribution < 1.29 is 9.59 Å². The molecule has 1 aliphatic rings. The van der Waals surface area contributed by atoms with Gasteiger partial charge in [-0.05, 0) is 44.0 Å². The van der Waals surface area contributed by atoms with E-state index < -0.39 is 11.3 Å². The number of nitrogens with zero attached hydrogens (tertiary/aromatic N) is 2. The lowest BCUT2D eigenvalue weighted by molar-refractivity contribution is -0.122. The summed E-state index contributed by atoms with van der Waals surface area (Å²) in [5.41, 5.74) is 1.30. The van der Waals surface area contributed by atoms with Crippen LogP contribution in [0.15, 0.2) is 53.5 Å². The van der Waals surface area contributed by atoms with Crippen LogP contribution in [0.4, 0.5) is 5.69 Å². The lowest BCUT2D eigenvalue weighted by atomic mass is 10.1. The number of nitrogens with one attached hydrogen (secondary N) is 2. The van der Waals surface area contributed by atoms with E-state index in [0.717, 1.165) is 31.4 Å². The lowest BCUT2D eigenvalue weighted by Gasteiger charge is -2.16. The molecular formula is C23H24N4O3. The summed E-state index contributed by atoms with van der Waals surface area (Å²) >= 11 is 0. The van der Waals surface area contributed by atoms with Crippen molar-refractivity contribution in [2.24, 2.45) is 0 Å². The number of aryl methyl sites for hydroxylation is 1. The molecule has 7 heteroatoms. The van der Waals surface area contributed by atoms with Gasteiger partial charge in [0.25, 0.3) is 5.91 Å². The Kier molecular flexibility index (Phi) is 5.61. The smallest absolute Gasteiger partial charge is 0.261 e. The van der Waals surface area contributed by atoms with Crippen molar-refractivity contribution in [1.82, 2.24) is 14.9 Å². The molecule has 0 saturated heterocycles. The maximum atomic E-state index is 13.0. The second-order valence-corrected chi connectivity index (χ2v) is 7.69. The predicted octanol–water partition coefficient (Wildman–Crippen LogP) is 3.02. The van der Waals surface area contributed by atoms with E-state index in [0.29, 0.717) is 16.7 Å². The highest BCUT2D eigenvalue weighted by atomic mass is 16.2. The van der Waals surface area contributed by atoms with Gasteiger partial charge in [-0.2, -0.15) is 0 Å². The minimum absolute atomic E-state index is 0.00461. The van der Waals surface area contributed by atoms with Crippen LogP contribution in [0.3, 0.4) is 0 Å². The van der Waals surface area contributed by atoms with Crippen LogP contribution in [0.5, 0.6) is 0 Å². The van der Waals surface area contributed by atoms with Crippen LogP contribution in [0.2, 0.25) is 0 Å². The van der Waals surface area contributed by atoms with E-state index in [2.05, 4.69) is 15.6 Å². The number of benzene rings is 1. The van der Waals surface area contributed by atoms with Crippen LogP contribution in [0, 0.1) is 6.92 Å². The molecule has 2 N–H and O–H groups in total. The lowest BCUT2D eigenvalue weighted by Crippen LogP contribution is -2.36. The van der Waals surface area contributed by atoms with Crippen molar-refractivity contribution in [2.75, 3.05) is 5.32 Å². The summed E-state index contributed by atoms with van der Waals surface area (Å²) in [5, 5.41) is 6.10. The molecule has 4 rings (SSSR count). The quantitative estimate of drug-likeness (QED) is 0.684. The number of fused-ring (bicyclic) bond motifs is 1. The summed E-state index contributed by atoms with van der Waals surface area (Å²) in [6, 6.07) is 12.5. The van der Waals surface area contributed by atoms with E-state index in [1.165, 1.54) is 6.20 Å². The van der Waals surface area contributed by atoms with Gasteiger partial charge in [-0.3, -0.25) is 14.4 Å². The van der Waals surface area contributed by atoms with Gasteiger partial charge < -0.3 is 15.2 Å². The maximum absolute atomic E-state index is 13.0. The van der Waals surface area contributed by atoms with Gasteiger partial charge in [0, 0.05) is 23.6 Å². The third-order valence-corrected chi connectivity index (χ3v) is 5.37. The van der Waals surface area contributed by atoms with Crippen molar-refractivity contribution in [3.8, 4) is 0 Å². The van der Waals surface area contributed by atoms with Crippen LogP contribution in [0.1, 0.15) is 41.7 Å². The number of aromatic nitrogens is 2. The van der Waals surface area contributed by atoms with E-state index in [1.54, 1.807) is 41.0 Å². The number of hydrogen-bond donors (Lipinski definition) is 2. The standard InChI is InChI=1S/C23H24N4O3/c1-15-11-12-18-21(29)19(23(30)26-17-7-3-2-4-8-17)13-27(22(18)24-15)14-20(28)25-16-9-5-6-10-16/h2-4,7-8,11-13,16H,5-6,9-10,14H2,1H3,(H,25,28)(H,26,30). The van der Waals surface area contributed by atoms with Crippen LogP contribution in [0.25, 0.3) is 11.0 Å². The minimum atomic E-state index is -0.515. The number of carbonyl (C=O) groups is 2. The van der Waals surface area contributed by atoms with Crippen LogP contribution < -0.4 is 16.1 Å². The molecular weight excluding hydrogens is 380 g/mol. The topological polar surface area (TPSA) is 93.1 Å². The molecule has 1 fully saturated rings. The van der Waals surface area contributed by atoms with Crippen molar-refractivity contribution in [1.29, 1.82) is 0 Å². The maximum Gasteiger partial charge on any atom is 0.261 e. The first-order valence-corrected chi connectivity index (χ1v) is 10.2. The Morgan fingerprint density at radius 1 is 1.10 bits per heavy atom. The van der Waals surface area contributed by atoms with E-state index in [-0.39, 0.29) is 24.1 Å². The van der Waals surface area contributed by atoms with Gasteiger partial charge in [0.1, 0.15) is 17.8 Å². The zero-order chi connectivity index (χ0) is 21.1. The average Bonchev–Trinajstić information content (AvgIpc) is 3.23. The normalized spacial score (nSPS) is 14.0. The average molecular weight is 404 g/mol. The first-order valence-electron chi connectivity index (χ1n) is 10.2. The number of rotatable bonds is 5. The van der Waals surface area contributed by atoms with Crippen LogP contribution in [-0.4, -0.2) is 27.4 Å². The van der Waals surface area contributed by atoms with Gasteiger partial charge >= 0.3 is 0 Å². The number of hydrogen-bond acceptors (Lipinski definition) is 4. The molecule has 1 aliphatic carbocycles. The largest absolute Gasteiger partial charge is 0.352 e. The second kappa shape index (κ2) is 8.49. The molecule has 1 aromatic carbocycles. The summed E-state index contributed by atoms with van der Waals surface area (Å²) in [5.74, 6) is -0.664. The molecule has 154 valence electrons. The van der Waals surface area contributed by atoms with E-state index >= 15 is 0 Å². The molecule has 2 heterocycles. The molecule has 0 radical (unpaired) electrons. The van der Waals surface area contributed by atoms with Crippen molar-refractivity contribution >= 4 is 28.5 Å². The Balaban J connectivity index is 1.69. The highest BCUT2D eigenvalue weighted by Crippen LogP contribution is 2.18. The summed E-state index contributed by atoms with van der Waals surface area (Å²) < 4.78 is 1.59. The fraction of sp³-hybridized carbons (Fsp3) is 0.304. The Morgan fingerprint density at radius 2 is 1.83 bits per heavy atom. The molecule has 30 heavy (non-hydrogen) atoms. The van der Waals surface area contributed by atoms with Crippen molar-refractivity contribution in [3.63, 3.8) is 0 Å². The number of amides is 2. The molecule has 7 nitrogen and oxygen atoms in total. The number of pyridine rings is 2. The molecule has 2 aromatic heterocycles. The molecule has 2 amide bonds. The SMILES string of the molecule is Cc1ccc2c(=O)c(C(=O)Nc3ccccc3)cn(CC(=O)NC3CCCC3)c2n1. The first-order chi connectivity index (χ1) is 14.5. The monoisotopic (exact) mass is 404 g/mol. The highest BCUT2D eigenvalue weighted by molar-refractivity contribution is 6.05. The molecule has 1 saturated carbocycles. The van der Waals surface area contributed by atoms with Crippen LogP contribution in [-0.2, 0) is 11.3 Å². The summed E-state index contributed by atoms with van der Waals surface area (Å²) in [7, 11) is 0. The zero-order valence-corrected chi connectivity index (χ0v) is 16.9. The Bertz CT molecular complexity index is 1150. The van der Waals surface area contributed by atoms with Gasteiger partial charge in [0.2, 0.25) is 11.3 Å². The summed E-state index contributed by atoms with van der Waals surface area (Å²) in [6.07, 6.45) is 5.65. The number of carbonyl (C=O) groups excluding carboxylic acids is 2. The van der Waals surface area contributed by atoms with Crippen molar-refractivity contribution in [3.05, 3.63) is 70.1 Å². The highest BCUT2D eigenvalue weighted by Gasteiger charge is 2.20. The number of anilines is 1. The third-order valence-electron chi connectivity index (χ3n) is 5.37. The van der Waals surface area contributed by atoms with E-state index in [4.69, 9.17) is 0 Å². The Morgan fingerprint density at radius 3 is 2.57 bits per heavy atom. The minimum Gasteiger partial charge on any atom is -0.352 e. The molecule has 0 aliphatic heterocycles. The van der Waals surface area contributed by atoms with Gasteiger partial charge in [-0.15, -0.1) is 0 Å². The molecule has 3 aromatic rings. The fourth-order valence-corrected chi connectivity index (χ4v) is 3.86.